The fraction of sp³-hybridized carbons (Fsp3) is 0.600. The first-order chi connectivity index (χ1) is 10.1. The Hall–Kier alpha value is -2.05. The van der Waals surface area contributed by atoms with Crippen molar-refractivity contribution in [2.45, 2.75) is 6.18 Å². The van der Waals surface area contributed by atoms with E-state index in [1.165, 1.54) is 11.3 Å². The number of hydroxylamine groups is 4. The van der Waals surface area contributed by atoms with Gasteiger partial charge in [-0.1, -0.05) is 0 Å². The number of carboxylic acid groups (broad SMARTS) is 1. The van der Waals surface area contributed by atoms with Gasteiger partial charge in [0, 0.05) is 33.2 Å². The summed E-state index contributed by atoms with van der Waals surface area (Å²) in [6.07, 6.45) is -3.83. The zero-order chi connectivity index (χ0) is 16.9. The molecular weight excluding hydrogens is 313 g/mol. The molecule has 2 aliphatic heterocycles. The first-order valence-electron chi connectivity index (χ1n) is 6.04. The predicted octanol–water partition coefficient (Wildman–Crippen LogP) is -0.624. The van der Waals surface area contributed by atoms with E-state index in [2.05, 4.69) is 5.32 Å². The van der Waals surface area contributed by atoms with Gasteiger partial charge >= 0.3 is 12.1 Å². The minimum atomic E-state index is -5.08. The van der Waals surface area contributed by atoms with E-state index in [9.17, 15) is 18.0 Å². The second-order valence-corrected chi connectivity index (χ2v) is 4.24. The van der Waals surface area contributed by atoms with Gasteiger partial charge in [-0.25, -0.2) is 9.86 Å². The average Bonchev–Trinajstić information content (AvgIpc) is 2.77. The third kappa shape index (κ3) is 5.05. The van der Waals surface area contributed by atoms with Crippen LogP contribution < -0.4 is 5.32 Å². The van der Waals surface area contributed by atoms with Crippen LogP contribution in [0.4, 0.5) is 13.2 Å². The number of rotatable bonds is 1. The molecule has 2 aliphatic rings. The van der Waals surface area contributed by atoms with Gasteiger partial charge in [0.2, 0.25) is 0 Å². The molecule has 9 nitrogen and oxygen atoms in total. The van der Waals surface area contributed by atoms with Crippen molar-refractivity contribution in [2.75, 3.05) is 33.2 Å². The third-order valence-electron chi connectivity index (χ3n) is 2.64. The molecule has 1 saturated heterocycles. The summed E-state index contributed by atoms with van der Waals surface area (Å²) in [6.45, 7) is 2.95. The van der Waals surface area contributed by atoms with Gasteiger partial charge < -0.3 is 15.3 Å². The molecule has 0 radical (unpaired) electrons. The fourth-order valence-electron chi connectivity index (χ4n) is 1.60. The number of nitrogens with zero attached hydrogens (tertiary/aromatic N) is 3. The molecule has 0 aromatic carbocycles. The molecule has 2 rings (SSSR count). The number of nitrogens with one attached hydrogen (secondary N) is 1. The summed E-state index contributed by atoms with van der Waals surface area (Å²) in [6, 6.07) is 0. The number of carbonyl (C=O) groups is 2. The van der Waals surface area contributed by atoms with Crippen LogP contribution in [0, 0.1) is 0 Å². The zero-order valence-electron chi connectivity index (χ0n) is 11.5. The van der Waals surface area contributed by atoms with Crippen molar-refractivity contribution < 1.29 is 38.0 Å². The molecule has 0 aliphatic carbocycles. The highest BCUT2D eigenvalue weighted by Gasteiger charge is 2.38. The lowest BCUT2D eigenvalue weighted by Gasteiger charge is -2.28. The lowest BCUT2D eigenvalue weighted by atomic mass is 10.3. The number of carboxylic acids is 1. The monoisotopic (exact) mass is 328 g/mol. The van der Waals surface area contributed by atoms with Gasteiger partial charge in [-0.2, -0.15) is 13.2 Å². The van der Waals surface area contributed by atoms with E-state index in [1.807, 2.05) is 0 Å². The van der Waals surface area contributed by atoms with Gasteiger partial charge in [0.1, 0.15) is 0 Å². The standard InChI is InChI=1S/C8H14N4O3.C2HF3O2/c1-10-7(6-12(14)15-10)8(13)11-4-2-9-3-5-11;3-2(4,5)1(6)7/h6,9,14H,2-5H2,1H3;(H,6,7). The van der Waals surface area contributed by atoms with Gasteiger partial charge in [0.15, 0.2) is 5.70 Å². The van der Waals surface area contributed by atoms with Gasteiger partial charge in [-0.3, -0.25) is 10.0 Å². The van der Waals surface area contributed by atoms with Crippen LogP contribution in [0.25, 0.3) is 0 Å². The SMILES string of the molecule is CN1ON(O)C=C1C(=O)N1CCNCC1.O=C(O)C(F)(F)F. The van der Waals surface area contributed by atoms with E-state index in [-0.39, 0.29) is 5.91 Å². The highest BCUT2D eigenvalue weighted by molar-refractivity contribution is 5.92. The van der Waals surface area contributed by atoms with E-state index in [4.69, 9.17) is 20.0 Å². The van der Waals surface area contributed by atoms with Crippen LogP contribution in [0.1, 0.15) is 0 Å². The second kappa shape index (κ2) is 7.29. The second-order valence-electron chi connectivity index (χ2n) is 4.24. The maximum absolute atomic E-state index is 11.9. The minimum Gasteiger partial charge on any atom is -0.475 e. The van der Waals surface area contributed by atoms with E-state index in [0.717, 1.165) is 13.1 Å². The number of halogens is 3. The smallest absolute Gasteiger partial charge is 0.475 e. The van der Waals surface area contributed by atoms with E-state index < -0.39 is 12.1 Å². The average molecular weight is 328 g/mol. The van der Waals surface area contributed by atoms with Crippen molar-refractivity contribution in [3.63, 3.8) is 0 Å². The van der Waals surface area contributed by atoms with Crippen LogP contribution in [0.2, 0.25) is 0 Å². The molecule has 0 spiro atoms. The number of hydrogen-bond donors (Lipinski definition) is 3. The molecule has 0 bridgehead atoms. The van der Waals surface area contributed by atoms with Gasteiger partial charge in [0.05, 0.1) is 6.20 Å². The number of piperazine rings is 1. The van der Waals surface area contributed by atoms with Crippen LogP contribution in [0.5, 0.6) is 0 Å². The summed E-state index contributed by atoms with van der Waals surface area (Å²) in [5.41, 5.74) is 0.333. The summed E-state index contributed by atoms with van der Waals surface area (Å²) in [5, 5.41) is 21.1. The maximum atomic E-state index is 11.9. The number of aliphatic carboxylic acids is 1. The van der Waals surface area contributed by atoms with Crippen molar-refractivity contribution in [3.8, 4) is 0 Å². The molecule has 2 heterocycles. The van der Waals surface area contributed by atoms with Crippen molar-refractivity contribution in [3.05, 3.63) is 11.9 Å². The topological polar surface area (TPSA) is 106 Å². The molecule has 1 fully saturated rings. The Morgan fingerprint density at radius 3 is 2.18 bits per heavy atom. The molecule has 0 atom stereocenters. The number of likely N-dealkylation sites (N-methyl/N-ethyl adjacent to an activating group) is 1. The summed E-state index contributed by atoms with van der Waals surface area (Å²) in [5.74, 6) is -2.89. The van der Waals surface area contributed by atoms with Crippen LogP contribution >= 0.6 is 0 Å². The number of hydrogen-bond acceptors (Lipinski definition) is 7. The molecule has 1 amide bonds. The van der Waals surface area contributed by atoms with Crippen LogP contribution in [0.15, 0.2) is 11.9 Å². The molecule has 0 unspecified atom stereocenters. The lowest BCUT2D eigenvalue weighted by Crippen LogP contribution is -2.47. The summed E-state index contributed by atoms with van der Waals surface area (Å²) < 4.78 is 31.7. The quantitative estimate of drug-likeness (QED) is 0.585. The van der Waals surface area contributed by atoms with E-state index in [0.29, 0.717) is 24.0 Å². The predicted molar refractivity (Wildman–Crippen MR) is 63.7 cm³/mol. The first kappa shape index (κ1) is 18.0. The van der Waals surface area contributed by atoms with E-state index in [1.54, 1.807) is 11.9 Å². The summed E-state index contributed by atoms with van der Waals surface area (Å²) in [4.78, 5) is 27.3. The molecular formula is C10H15F3N4O5. The van der Waals surface area contributed by atoms with Crippen molar-refractivity contribution in [1.29, 1.82) is 0 Å². The van der Waals surface area contributed by atoms with Gasteiger partial charge in [0.25, 0.3) is 5.91 Å². The summed E-state index contributed by atoms with van der Waals surface area (Å²) >= 11 is 0. The Kier molecular flexibility index (Phi) is 5.96. The Bertz CT molecular complexity index is 450. The number of carbonyl (C=O) groups excluding carboxylic acids is 1. The van der Waals surface area contributed by atoms with Gasteiger partial charge in [-0.05, 0) is 0 Å². The highest BCUT2D eigenvalue weighted by atomic mass is 19.4. The molecule has 12 heteroatoms. The molecule has 3 N–H and O–H groups in total. The van der Waals surface area contributed by atoms with Crippen LogP contribution in [-0.2, 0) is 14.5 Å². The molecule has 22 heavy (non-hydrogen) atoms. The van der Waals surface area contributed by atoms with E-state index >= 15 is 0 Å². The zero-order valence-corrected chi connectivity index (χ0v) is 11.5. The molecule has 0 aromatic heterocycles. The normalized spacial score (nSPS) is 18.6. The number of alkyl halides is 3. The fourth-order valence-corrected chi connectivity index (χ4v) is 1.60. The van der Waals surface area contributed by atoms with Crippen molar-refractivity contribution in [1.82, 2.24) is 20.5 Å². The minimum absolute atomic E-state index is 0.129. The number of amides is 1. The Labute approximate surface area is 123 Å². The molecule has 0 aromatic rings. The summed E-state index contributed by atoms with van der Waals surface area (Å²) in [7, 11) is 1.57. The van der Waals surface area contributed by atoms with Crippen LogP contribution in [-0.4, -0.2) is 76.8 Å². The highest BCUT2D eigenvalue weighted by Crippen LogP contribution is 2.16. The van der Waals surface area contributed by atoms with Crippen LogP contribution in [0.3, 0.4) is 0 Å². The Morgan fingerprint density at radius 2 is 1.82 bits per heavy atom. The largest absolute Gasteiger partial charge is 0.490 e. The Balaban J connectivity index is 0.000000295. The van der Waals surface area contributed by atoms with Gasteiger partial charge in [-0.15, -0.1) is 10.2 Å². The lowest BCUT2D eigenvalue weighted by molar-refractivity contribution is -0.376. The molecule has 0 saturated carbocycles. The third-order valence-corrected chi connectivity index (χ3v) is 2.64. The molecule has 126 valence electrons. The maximum Gasteiger partial charge on any atom is 0.490 e. The first-order valence-corrected chi connectivity index (χ1v) is 6.04. The Morgan fingerprint density at radius 1 is 1.32 bits per heavy atom. The van der Waals surface area contributed by atoms with Crippen molar-refractivity contribution in [2.24, 2.45) is 0 Å². The van der Waals surface area contributed by atoms with Crippen molar-refractivity contribution >= 4 is 11.9 Å².